The highest BCUT2D eigenvalue weighted by Crippen LogP contribution is 2.35. The molecule has 0 heterocycles. The molecule has 4 nitrogen and oxygen atoms in total. The molecule has 0 aliphatic carbocycles. The molecular formula is C8H17O4P. The lowest BCUT2D eigenvalue weighted by Crippen LogP contribution is -1.78. The minimum Gasteiger partial charge on any atom is -0.413 e. The van der Waals surface area contributed by atoms with Gasteiger partial charge in [-0.05, 0) is 18.9 Å². The lowest BCUT2D eigenvalue weighted by Gasteiger charge is -1.99. The average molecular weight is 208 g/mol. The van der Waals surface area contributed by atoms with Crippen molar-refractivity contribution >= 4 is 7.82 Å². The highest BCUT2D eigenvalue weighted by Gasteiger charge is 2.10. The molecule has 0 spiro atoms. The molecule has 0 amide bonds. The molecule has 0 aromatic heterocycles. The molecule has 0 rings (SSSR count). The van der Waals surface area contributed by atoms with Gasteiger partial charge in [0.25, 0.3) is 0 Å². The Balaban J connectivity index is 3.27. The van der Waals surface area contributed by atoms with E-state index in [2.05, 4.69) is 11.4 Å². The van der Waals surface area contributed by atoms with Crippen molar-refractivity contribution in [1.29, 1.82) is 0 Å². The fourth-order valence-electron chi connectivity index (χ4n) is 0.879. The van der Waals surface area contributed by atoms with Crippen LogP contribution in [-0.2, 0) is 9.09 Å². The topological polar surface area (TPSA) is 66.8 Å². The van der Waals surface area contributed by atoms with Gasteiger partial charge in [-0.1, -0.05) is 26.2 Å². The van der Waals surface area contributed by atoms with Crippen LogP contribution >= 0.6 is 7.82 Å². The molecule has 2 N–H and O–H groups in total. The Morgan fingerprint density at radius 1 is 1.31 bits per heavy atom. The van der Waals surface area contributed by atoms with Crippen molar-refractivity contribution in [2.24, 2.45) is 0 Å². The van der Waals surface area contributed by atoms with Crippen molar-refractivity contribution in [3.8, 4) is 0 Å². The molecule has 13 heavy (non-hydrogen) atoms. The van der Waals surface area contributed by atoms with E-state index in [4.69, 9.17) is 9.79 Å². The van der Waals surface area contributed by atoms with E-state index in [-0.39, 0.29) is 0 Å². The summed E-state index contributed by atoms with van der Waals surface area (Å²) in [5.41, 5.74) is 0. The van der Waals surface area contributed by atoms with Crippen LogP contribution in [0.5, 0.6) is 0 Å². The van der Waals surface area contributed by atoms with Crippen LogP contribution in [0.3, 0.4) is 0 Å². The number of phosphoric ester groups is 1. The van der Waals surface area contributed by atoms with Crippen molar-refractivity contribution in [3.63, 3.8) is 0 Å². The van der Waals surface area contributed by atoms with Gasteiger partial charge < -0.3 is 4.52 Å². The van der Waals surface area contributed by atoms with E-state index in [0.717, 1.165) is 25.5 Å². The van der Waals surface area contributed by atoms with Gasteiger partial charge in [0.15, 0.2) is 0 Å². The normalized spacial score (nSPS) is 12.2. The number of allylic oxidation sites excluding steroid dienone is 1. The molecule has 0 fully saturated rings. The lowest BCUT2D eigenvalue weighted by atomic mass is 10.2. The van der Waals surface area contributed by atoms with Gasteiger partial charge in [-0.3, -0.25) is 9.79 Å². The summed E-state index contributed by atoms with van der Waals surface area (Å²) in [6.45, 7) is 2.13. The minimum atomic E-state index is -4.31. The largest absolute Gasteiger partial charge is 0.524 e. The molecule has 0 bridgehead atoms. The van der Waals surface area contributed by atoms with Crippen molar-refractivity contribution in [3.05, 3.63) is 12.3 Å². The van der Waals surface area contributed by atoms with Crippen LogP contribution in [0, 0.1) is 0 Å². The second-order valence-electron chi connectivity index (χ2n) is 2.82. The lowest BCUT2D eigenvalue weighted by molar-refractivity contribution is 0.258. The van der Waals surface area contributed by atoms with Gasteiger partial charge in [0.05, 0.1) is 6.26 Å². The standard InChI is InChI=1S/C8H17O4P/c1-2-3-4-5-6-7-8-12-13(9,10)11/h7-8H,2-6H2,1H3,(H2,9,10,11)/b8-7+. The number of phosphoric acid groups is 1. The van der Waals surface area contributed by atoms with Crippen LogP contribution in [0.1, 0.15) is 39.0 Å². The van der Waals surface area contributed by atoms with Gasteiger partial charge in [-0.25, -0.2) is 4.57 Å². The number of hydrogen-bond acceptors (Lipinski definition) is 2. The van der Waals surface area contributed by atoms with Crippen LogP contribution in [-0.4, -0.2) is 9.79 Å². The molecule has 0 radical (unpaired) electrons. The summed E-state index contributed by atoms with van der Waals surface area (Å²) >= 11 is 0. The predicted molar refractivity (Wildman–Crippen MR) is 51.0 cm³/mol. The van der Waals surface area contributed by atoms with E-state index in [1.807, 2.05) is 0 Å². The molecule has 5 heteroatoms. The first kappa shape index (κ1) is 12.7. The van der Waals surface area contributed by atoms with Gasteiger partial charge in [0.2, 0.25) is 0 Å². The summed E-state index contributed by atoms with van der Waals surface area (Å²) in [7, 11) is -4.31. The fraction of sp³-hybridized carbons (Fsp3) is 0.750. The number of unbranched alkanes of at least 4 members (excludes halogenated alkanes) is 4. The number of rotatable bonds is 7. The molecular weight excluding hydrogens is 191 g/mol. The van der Waals surface area contributed by atoms with Gasteiger partial charge in [-0.2, -0.15) is 0 Å². The second kappa shape index (κ2) is 7.13. The zero-order valence-electron chi connectivity index (χ0n) is 7.85. The van der Waals surface area contributed by atoms with Crippen LogP contribution in [0.2, 0.25) is 0 Å². The van der Waals surface area contributed by atoms with E-state index in [9.17, 15) is 4.57 Å². The number of hydrogen-bond donors (Lipinski definition) is 2. The van der Waals surface area contributed by atoms with Gasteiger partial charge >= 0.3 is 7.82 Å². The molecule has 0 saturated carbocycles. The maximum Gasteiger partial charge on any atom is 0.524 e. The first-order valence-electron chi connectivity index (χ1n) is 4.45. The SMILES string of the molecule is CCCCCC/C=C/OP(=O)(O)O. The van der Waals surface area contributed by atoms with Crippen molar-refractivity contribution in [2.75, 3.05) is 0 Å². The zero-order chi connectivity index (χ0) is 10.2. The highest BCUT2D eigenvalue weighted by atomic mass is 31.2. The highest BCUT2D eigenvalue weighted by molar-refractivity contribution is 7.46. The minimum absolute atomic E-state index is 0.806. The Bertz CT molecular complexity index is 185. The Morgan fingerprint density at radius 2 is 2.00 bits per heavy atom. The third-order valence-corrected chi connectivity index (χ3v) is 1.92. The monoisotopic (exact) mass is 208 g/mol. The summed E-state index contributed by atoms with van der Waals surface area (Å²) in [4.78, 5) is 16.6. The van der Waals surface area contributed by atoms with Crippen LogP contribution in [0.25, 0.3) is 0 Å². The van der Waals surface area contributed by atoms with Gasteiger partial charge in [0, 0.05) is 0 Å². The maximum atomic E-state index is 10.2. The Labute approximate surface area is 78.9 Å². The van der Waals surface area contributed by atoms with Crippen LogP contribution in [0.4, 0.5) is 0 Å². The first-order chi connectivity index (χ1) is 6.06. The first-order valence-corrected chi connectivity index (χ1v) is 5.98. The van der Waals surface area contributed by atoms with Gasteiger partial charge in [0.1, 0.15) is 0 Å². The average Bonchev–Trinajstić information content (AvgIpc) is 2.01. The van der Waals surface area contributed by atoms with E-state index in [0.29, 0.717) is 0 Å². The van der Waals surface area contributed by atoms with Crippen molar-refractivity contribution < 1.29 is 18.9 Å². The molecule has 0 aliphatic heterocycles. The third-order valence-electron chi connectivity index (χ3n) is 1.52. The van der Waals surface area contributed by atoms with Gasteiger partial charge in [-0.15, -0.1) is 0 Å². The molecule has 0 unspecified atom stereocenters. The van der Waals surface area contributed by atoms with E-state index in [1.165, 1.54) is 12.8 Å². The Hall–Kier alpha value is -0.310. The van der Waals surface area contributed by atoms with Crippen LogP contribution < -0.4 is 0 Å². The van der Waals surface area contributed by atoms with E-state index in [1.54, 1.807) is 6.08 Å². The zero-order valence-corrected chi connectivity index (χ0v) is 8.74. The fourth-order valence-corrected chi connectivity index (χ4v) is 1.12. The Morgan fingerprint density at radius 3 is 2.54 bits per heavy atom. The molecule has 0 aromatic rings. The molecule has 0 atom stereocenters. The summed E-state index contributed by atoms with van der Waals surface area (Å²) in [5.74, 6) is 0. The van der Waals surface area contributed by atoms with E-state index >= 15 is 0 Å². The molecule has 78 valence electrons. The summed E-state index contributed by atoms with van der Waals surface area (Å²) in [5, 5.41) is 0. The smallest absolute Gasteiger partial charge is 0.413 e. The quantitative estimate of drug-likeness (QED) is 0.383. The molecule has 0 saturated heterocycles. The molecule has 0 aliphatic rings. The summed E-state index contributed by atoms with van der Waals surface area (Å²) in [6, 6.07) is 0. The predicted octanol–water partition coefficient (Wildman–Crippen LogP) is 2.58. The van der Waals surface area contributed by atoms with E-state index < -0.39 is 7.82 Å². The third kappa shape index (κ3) is 11.7. The Kier molecular flexibility index (Phi) is 6.96. The van der Waals surface area contributed by atoms with Crippen molar-refractivity contribution in [2.45, 2.75) is 39.0 Å². The maximum absolute atomic E-state index is 10.2. The summed E-state index contributed by atoms with van der Waals surface area (Å²) in [6.07, 6.45) is 8.09. The molecule has 0 aromatic carbocycles. The van der Waals surface area contributed by atoms with Crippen LogP contribution in [0.15, 0.2) is 12.3 Å². The summed E-state index contributed by atoms with van der Waals surface area (Å²) < 4.78 is 14.3. The van der Waals surface area contributed by atoms with Crippen molar-refractivity contribution in [1.82, 2.24) is 0 Å². The second-order valence-corrected chi connectivity index (χ2v) is 4.01.